The Labute approximate surface area is 114 Å². The van der Waals surface area contributed by atoms with Gasteiger partial charge in [0.15, 0.2) is 0 Å². The number of hydrogen-bond donors (Lipinski definition) is 2. The lowest BCUT2D eigenvalue weighted by atomic mass is 9.95. The van der Waals surface area contributed by atoms with Crippen LogP contribution in [-0.2, 0) is 10.3 Å². The molecular formula is C15H21N3O. The van der Waals surface area contributed by atoms with E-state index < -0.39 is 5.54 Å². The topological polar surface area (TPSA) is 54.0 Å². The van der Waals surface area contributed by atoms with Crippen LogP contribution in [-0.4, -0.2) is 24.0 Å². The van der Waals surface area contributed by atoms with Crippen LogP contribution in [0.2, 0.25) is 0 Å². The first-order valence-electron chi connectivity index (χ1n) is 6.95. The molecule has 1 aliphatic carbocycles. The summed E-state index contributed by atoms with van der Waals surface area (Å²) >= 11 is 0. The summed E-state index contributed by atoms with van der Waals surface area (Å²) in [5.41, 5.74) is 1.66. The van der Waals surface area contributed by atoms with Gasteiger partial charge in [0.05, 0.1) is 11.2 Å². The van der Waals surface area contributed by atoms with Crippen molar-refractivity contribution in [2.45, 2.75) is 26.3 Å². The Morgan fingerprint density at radius 3 is 2.74 bits per heavy atom. The minimum Gasteiger partial charge on any atom is -0.345 e. The molecule has 0 bridgehead atoms. The second kappa shape index (κ2) is 4.30. The summed E-state index contributed by atoms with van der Waals surface area (Å²) < 4.78 is 0. The third-order valence-electron chi connectivity index (χ3n) is 4.43. The molecule has 1 amide bonds. The number of carbonyl (C=O) groups excluding carboxylic acids is 1. The molecule has 0 radical (unpaired) electrons. The maximum Gasteiger partial charge on any atom is 0.224 e. The first kappa shape index (κ1) is 12.6. The Bertz CT molecular complexity index is 502. The van der Waals surface area contributed by atoms with Crippen LogP contribution in [0, 0.1) is 24.7 Å². The summed E-state index contributed by atoms with van der Waals surface area (Å²) in [7, 11) is 0. The van der Waals surface area contributed by atoms with Crippen LogP contribution in [0.1, 0.15) is 25.1 Å². The number of carbonyl (C=O) groups is 1. The highest BCUT2D eigenvalue weighted by Crippen LogP contribution is 2.49. The number of nitrogens with one attached hydrogen (secondary N) is 2. The number of rotatable bonds is 3. The van der Waals surface area contributed by atoms with Gasteiger partial charge in [-0.1, -0.05) is 6.07 Å². The van der Waals surface area contributed by atoms with Crippen molar-refractivity contribution in [3.63, 3.8) is 0 Å². The fraction of sp³-hybridized carbons (Fsp3) is 0.600. The van der Waals surface area contributed by atoms with Gasteiger partial charge in [-0.25, -0.2) is 0 Å². The molecular weight excluding hydrogens is 238 g/mol. The van der Waals surface area contributed by atoms with Crippen molar-refractivity contribution in [1.29, 1.82) is 0 Å². The highest BCUT2D eigenvalue weighted by atomic mass is 16.2. The first-order valence-corrected chi connectivity index (χ1v) is 6.95. The van der Waals surface area contributed by atoms with Gasteiger partial charge in [-0.05, 0) is 57.3 Å². The third-order valence-corrected chi connectivity index (χ3v) is 4.43. The van der Waals surface area contributed by atoms with Gasteiger partial charge in [-0.3, -0.25) is 9.78 Å². The molecule has 2 N–H and O–H groups in total. The van der Waals surface area contributed by atoms with E-state index >= 15 is 0 Å². The van der Waals surface area contributed by atoms with Gasteiger partial charge in [-0.15, -0.1) is 0 Å². The molecule has 4 nitrogen and oxygen atoms in total. The standard InChI is InChI=1S/C15H21N3O/c1-9-5-4-6-17-13(9)15(2,3)18-14(19)12-10-7-16-8-11(10)12/h4-6,10-12,16H,7-8H2,1-3H3,(H,18,19). The van der Waals surface area contributed by atoms with Crippen molar-refractivity contribution in [2.75, 3.05) is 13.1 Å². The SMILES string of the molecule is Cc1cccnc1C(C)(C)NC(=O)C1C2CNCC21. The zero-order valence-electron chi connectivity index (χ0n) is 11.7. The predicted octanol–water partition coefficient (Wildman–Crippen LogP) is 1.21. The maximum absolute atomic E-state index is 12.4. The van der Waals surface area contributed by atoms with Crippen molar-refractivity contribution in [1.82, 2.24) is 15.6 Å². The van der Waals surface area contributed by atoms with Crippen molar-refractivity contribution in [3.8, 4) is 0 Å². The Morgan fingerprint density at radius 2 is 2.11 bits per heavy atom. The molecule has 3 rings (SSSR count). The highest BCUT2D eigenvalue weighted by molar-refractivity contribution is 5.83. The second-order valence-electron chi connectivity index (χ2n) is 6.29. The van der Waals surface area contributed by atoms with Crippen molar-refractivity contribution in [3.05, 3.63) is 29.6 Å². The van der Waals surface area contributed by atoms with Gasteiger partial charge in [0, 0.05) is 12.1 Å². The van der Waals surface area contributed by atoms with E-state index in [2.05, 4.69) is 15.6 Å². The summed E-state index contributed by atoms with van der Waals surface area (Å²) in [6.45, 7) is 8.07. The van der Waals surface area contributed by atoms with Gasteiger partial charge in [0.25, 0.3) is 0 Å². The number of amides is 1. The quantitative estimate of drug-likeness (QED) is 0.858. The van der Waals surface area contributed by atoms with E-state index in [1.54, 1.807) is 6.20 Å². The second-order valence-corrected chi connectivity index (χ2v) is 6.29. The van der Waals surface area contributed by atoms with E-state index in [-0.39, 0.29) is 11.8 Å². The van der Waals surface area contributed by atoms with Crippen LogP contribution >= 0.6 is 0 Å². The van der Waals surface area contributed by atoms with Gasteiger partial charge < -0.3 is 10.6 Å². The Morgan fingerprint density at radius 1 is 1.42 bits per heavy atom. The molecule has 0 spiro atoms. The summed E-state index contributed by atoms with van der Waals surface area (Å²) in [6, 6.07) is 3.96. The Hall–Kier alpha value is -1.42. The van der Waals surface area contributed by atoms with E-state index in [1.807, 2.05) is 32.9 Å². The molecule has 102 valence electrons. The number of aryl methyl sites for hydroxylation is 1. The summed E-state index contributed by atoms with van der Waals surface area (Å²) in [4.78, 5) is 16.8. The van der Waals surface area contributed by atoms with Crippen LogP contribution in [0.15, 0.2) is 18.3 Å². The number of hydrogen-bond acceptors (Lipinski definition) is 3. The van der Waals surface area contributed by atoms with Crippen LogP contribution in [0.4, 0.5) is 0 Å². The van der Waals surface area contributed by atoms with E-state index in [1.165, 1.54) is 0 Å². The molecule has 4 heteroatoms. The van der Waals surface area contributed by atoms with Crippen LogP contribution in [0.25, 0.3) is 0 Å². The molecule has 1 aromatic heterocycles. The molecule has 0 aromatic carbocycles. The van der Waals surface area contributed by atoms with Crippen molar-refractivity contribution >= 4 is 5.91 Å². The molecule has 19 heavy (non-hydrogen) atoms. The molecule has 1 saturated heterocycles. The van der Waals surface area contributed by atoms with Gasteiger partial charge >= 0.3 is 0 Å². The molecule has 1 aliphatic heterocycles. The summed E-state index contributed by atoms with van der Waals surface area (Å²) in [5, 5.41) is 6.49. The smallest absolute Gasteiger partial charge is 0.224 e. The Balaban J connectivity index is 1.72. The molecule has 2 atom stereocenters. The van der Waals surface area contributed by atoms with E-state index in [9.17, 15) is 4.79 Å². The van der Waals surface area contributed by atoms with Crippen molar-refractivity contribution < 1.29 is 4.79 Å². The largest absolute Gasteiger partial charge is 0.345 e. The van der Waals surface area contributed by atoms with Crippen LogP contribution in [0.5, 0.6) is 0 Å². The zero-order chi connectivity index (χ0) is 13.6. The van der Waals surface area contributed by atoms with Crippen LogP contribution in [0.3, 0.4) is 0 Å². The number of fused-ring (bicyclic) bond motifs is 1. The molecule has 2 fully saturated rings. The van der Waals surface area contributed by atoms with Crippen LogP contribution < -0.4 is 10.6 Å². The van der Waals surface area contributed by atoms with Gasteiger partial charge in [-0.2, -0.15) is 0 Å². The van der Waals surface area contributed by atoms with E-state index in [4.69, 9.17) is 0 Å². The molecule has 2 heterocycles. The normalized spacial score (nSPS) is 28.9. The monoisotopic (exact) mass is 259 g/mol. The minimum atomic E-state index is -0.410. The summed E-state index contributed by atoms with van der Waals surface area (Å²) in [6.07, 6.45) is 1.78. The number of pyridine rings is 1. The number of aromatic nitrogens is 1. The fourth-order valence-corrected chi connectivity index (χ4v) is 3.40. The average Bonchev–Trinajstić information content (AvgIpc) is 2.84. The highest BCUT2D eigenvalue weighted by Gasteiger charge is 2.57. The van der Waals surface area contributed by atoms with E-state index in [0.717, 1.165) is 24.3 Å². The molecule has 2 unspecified atom stereocenters. The number of piperidine rings is 1. The van der Waals surface area contributed by atoms with Gasteiger partial charge in [0.1, 0.15) is 0 Å². The number of nitrogens with zero attached hydrogens (tertiary/aromatic N) is 1. The Kier molecular flexibility index (Phi) is 2.86. The van der Waals surface area contributed by atoms with Gasteiger partial charge in [0.2, 0.25) is 5.91 Å². The molecule has 1 saturated carbocycles. The average molecular weight is 259 g/mol. The third kappa shape index (κ3) is 2.14. The molecule has 1 aromatic rings. The molecule has 2 aliphatic rings. The van der Waals surface area contributed by atoms with Crippen molar-refractivity contribution in [2.24, 2.45) is 17.8 Å². The summed E-state index contributed by atoms with van der Waals surface area (Å²) in [5.74, 6) is 1.51. The minimum absolute atomic E-state index is 0.187. The lowest BCUT2D eigenvalue weighted by Gasteiger charge is -2.27. The zero-order valence-corrected chi connectivity index (χ0v) is 11.7. The maximum atomic E-state index is 12.4. The lowest BCUT2D eigenvalue weighted by Crippen LogP contribution is -2.44. The van der Waals surface area contributed by atoms with E-state index in [0.29, 0.717) is 11.8 Å². The lowest BCUT2D eigenvalue weighted by molar-refractivity contribution is -0.124. The fourth-order valence-electron chi connectivity index (χ4n) is 3.40. The first-order chi connectivity index (χ1) is 9.00. The predicted molar refractivity (Wildman–Crippen MR) is 73.5 cm³/mol.